The standard InChI is InChI=1S/C10H9BrN2O2/c1-15-10(14)8-3-5-2-6(11)4-7(12)9(5)13-8/h2-4,13H,12H2,1H3. The Hall–Kier alpha value is -1.49. The van der Waals surface area contributed by atoms with Crippen LogP contribution in [0.5, 0.6) is 0 Å². The van der Waals surface area contributed by atoms with Crippen LogP contribution in [0.15, 0.2) is 22.7 Å². The van der Waals surface area contributed by atoms with E-state index in [-0.39, 0.29) is 0 Å². The van der Waals surface area contributed by atoms with Crippen LogP contribution in [0.25, 0.3) is 10.9 Å². The van der Waals surface area contributed by atoms with Crippen LogP contribution in [0.4, 0.5) is 5.69 Å². The molecule has 3 N–H and O–H groups in total. The van der Waals surface area contributed by atoms with E-state index in [2.05, 4.69) is 25.7 Å². The lowest BCUT2D eigenvalue weighted by Gasteiger charge is -1.97. The Morgan fingerprint density at radius 1 is 1.47 bits per heavy atom. The molecular weight excluding hydrogens is 260 g/mol. The molecule has 0 aliphatic heterocycles. The highest BCUT2D eigenvalue weighted by atomic mass is 79.9. The molecule has 2 rings (SSSR count). The lowest BCUT2D eigenvalue weighted by Crippen LogP contribution is -2.00. The van der Waals surface area contributed by atoms with E-state index in [0.29, 0.717) is 11.4 Å². The summed E-state index contributed by atoms with van der Waals surface area (Å²) < 4.78 is 5.49. The number of nitrogens with two attached hydrogens (primary N) is 1. The number of esters is 1. The van der Waals surface area contributed by atoms with Crippen LogP contribution < -0.4 is 5.73 Å². The van der Waals surface area contributed by atoms with Crippen molar-refractivity contribution in [3.8, 4) is 0 Å². The maximum atomic E-state index is 11.3. The number of aromatic amines is 1. The van der Waals surface area contributed by atoms with Gasteiger partial charge in [0.25, 0.3) is 0 Å². The molecule has 0 spiro atoms. The van der Waals surface area contributed by atoms with Gasteiger partial charge in [-0.05, 0) is 18.2 Å². The Labute approximate surface area is 94.5 Å². The number of aromatic nitrogens is 1. The molecule has 0 amide bonds. The van der Waals surface area contributed by atoms with Crippen molar-refractivity contribution < 1.29 is 9.53 Å². The molecule has 2 aromatic rings. The fraction of sp³-hybridized carbons (Fsp3) is 0.100. The first-order valence-corrected chi connectivity index (χ1v) is 5.07. The molecule has 0 unspecified atom stereocenters. The van der Waals surface area contributed by atoms with Gasteiger partial charge in [0.15, 0.2) is 0 Å². The van der Waals surface area contributed by atoms with Crippen LogP contribution in [0, 0.1) is 0 Å². The number of anilines is 1. The van der Waals surface area contributed by atoms with Gasteiger partial charge in [0.1, 0.15) is 5.69 Å². The number of halogens is 1. The highest BCUT2D eigenvalue weighted by molar-refractivity contribution is 9.10. The largest absolute Gasteiger partial charge is 0.464 e. The smallest absolute Gasteiger partial charge is 0.354 e. The Bertz CT molecular complexity index is 533. The summed E-state index contributed by atoms with van der Waals surface area (Å²) in [6.07, 6.45) is 0. The Morgan fingerprint density at radius 3 is 2.87 bits per heavy atom. The van der Waals surface area contributed by atoms with Gasteiger partial charge in [0, 0.05) is 9.86 Å². The molecule has 5 heteroatoms. The number of fused-ring (bicyclic) bond motifs is 1. The summed E-state index contributed by atoms with van der Waals surface area (Å²) in [7, 11) is 1.34. The third-order valence-corrected chi connectivity index (χ3v) is 2.59. The van der Waals surface area contributed by atoms with Crippen molar-refractivity contribution in [2.75, 3.05) is 12.8 Å². The Morgan fingerprint density at radius 2 is 2.20 bits per heavy atom. The molecule has 0 aliphatic rings. The van der Waals surface area contributed by atoms with E-state index in [9.17, 15) is 4.79 Å². The SMILES string of the molecule is COC(=O)c1cc2cc(Br)cc(N)c2[nH]1. The minimum atomic E-state index is -0.401. The first-order valence-electron chi connectivity index (χ1n) is 4.28. The normalized spacial score (nSPS) is 10.5. The van der Waals surface area contributed by atoms with Gasteiger partial charge in [-0.25, -0.2) is 4.79 Å². The number of hydrogen-bond donors (Lipinski definition) is 2. The predicted molar refractivity (Wildman–Crippen MR) is 61.8 cm³/mol. The Kier molecular flexibility index (Phi) is 2.40. The van der Waals surface area contributed by atoms with Gasteiger partial charge in [-0.15, -0.1) is 0 Å². The fourth-order valence-electron chi connectivity index (χ4n) is 1.45. The summed E-state index contributed by atoms with van der Waals surface area (Å²) in [6, 6.07) is 5.37. The summed E-state index contributed by atoms with van der Waals surface area (Å²) in [4.78, 5) is 14.2. The molecule has 15 heavy (non-hydrogen) atoms. The first kappa shape index (κ1) is 10.0. The van der Waals surface area contributed by atoms with E-state index >= 15 is 0 Å². The minimum absolute atomic E-state index is 0.400. The van der Waals surface area contributed by atoms with Crippen molar-refractivity contribution in [2.24, 2.45) is 0 Å². The molecule has 0 atom stereocenters. The van der Waals surface area contributed by atoms with E-state index < -0.39 is 5.97 Å². The summed E-state index contributed by atoms with van der Waals surface area (Å²) >= 11 is 3.34. The Balaban J connectivity index is 2.65. The van der Waals surface area contributed by atoms with Crippen LogP contribution in [0.3, 0.4) is 0 Å². The zero-order valence-corrected chi connectivity index (χ0v) is 9.59. The maximum absolute atomic E-state index is 11.3. The zero-order valence-electron chi connectivity index (χ0n) is 8.00. The van der Waals surface area contributed by atoms with Crippen LogP contribution in [-0.2, 0) is 4.74 Å². The number of rotatable bonds is 1. The molecular formula is C10H9BrN2O2. The fourth-order valence-corrected chi connectivity index (χ4v) is 1.95. The highest BCUT2D eigenvalue weighted by Crippen LogP contribution is 2.26. The number of methoxy groups -OCH3 is 1. The van der Waals surface area contributed by atoms with Crippen molar-refractivity contribution in [3.05, 3.63) is 28.4 Å². The van der Waals surface area contributed by atoms with E-state index in [1.807, 2.05) is 6.07 Å². The van der Waals surface area contributed by atoms with Crippen LogP contribution in [0.1, 0.15) is 10.5 Å². The number of benzene rings is 1. The third-order valence-electron chi connectivity index (χ3n) is 2.13. The van der Waals surface area contributed by atoms with Gasteiger partial charge >= 0.3 is 5.97 Å². The number of nitrogen functional groups attached to an aromatic ring is 1. The average molecular weight is 269 g/mol. The summed E-state index contributed by atoms with van der Waals surface area (Å²) in [5.74, 6) is -0.401. The monoisotopic (exact) mass is 268 g/mol. The third kappa shape index (κ3) is 1.70. The van der Waals surface area contributed by atoms with Gasteiger partial charge < -0.3 is 15.5 Å². The maximum Gasteiger partial charge on any atom is 0.354 e. The van der Waals surface area contributed by atoms with E-state index in [0.717, 1.165) is 15.4 Å². The van der Waals surface area contributed by atoms with Gasteiger partial charge in [-0.2, -0.15) is 0 Å². The molecule has 1 heterocycles. The number of nitrogens with one attached hydrogen (secondary N) is 1. The number of carbonyl (C=O) groups excluding carboxylic acids is 1. The molecule has 4 nitrogen and oxygen atoms in total. The van der Waals surface area contributed by atoms with E-state index in [1.54, 1.807) is 12.1 Å². The van der Waals surface area contributed by atoms with Crippen molar-refractivity contribution in [1.29, 1.82) is 0 Å². The first-order chi connectivity index (χ1) is 7.11. The zero-order chi connectivity index (χ0) is 11.0. The van der Waals surface area contributed by atoms with Crippen LogP contribution >= 0.6 is 15.9 Å². The van der Waals surface area contributed by atoms with Gasteiger partial charge in [-0.3, -0.25) is 0 Å². The second-order valence-corrected chi connectivity index (χ2v) is 4.05. The van der Waals surface area contributed by atoms with Crippen molar-refractivity contribution in [3.63, 3.8) is 0 Å². The number of ether oxygens (including phenoxy) is 1. The lowest BCUT2D eigenvalue weighted by molar-refractivity contribution is 0.0595. The number of carbonyl (C=O) groups is 1. The van der Waals surface area contributed by atoms with E-state index in [4.69, 9.17) is 5.73 Å². The molecule has 0 radical (unpaired) electrons. The average Bonchev–Trinajstić information content (AvgIpc) is 2.60. The van der Waals surface area contributed by atoms with Gasteiger partial charge in [0.2, 0.25) is 0 Å². The molecule has 0 fully saturated rings. The van der Waals surface area contributed by atoms with Crippen molar-refractivity contribution in [2.45, 2.75) is 0 Å². The summed E-state index contributed by atoms with van der Waals surface area (Å²) in [5.41, 5.74) is 7.54. The van der Waals surface area contributed by atoms with Crippen molar-refractivity contribution in [1.82, 2.24) is 4.98 Å². The minimum Gasteiger partial charge on any atom is -0.464 e. The lowest BCUT2D eigenvalue weighted by atomic mass is 10.2. The summed E-state index contributed by atoms with van der Waals surface area (Å²) in [5, 5.41) is 0.877. The van der Waals surface area contributed by atoms with Crippen molar-refractivity contribution >= 4 is 38.5 Å². The van der Waals surface area contributed by atoms with Crippen LogP contribution in [-0.4, -0.2) is 18.1 Å². The highest BCUT2D eigenvalue weighted by Gasteiger charge is 2.11. The summed E-state index contributed by atoms with van der Waals surface area (Å²) in [6.45, 7) is 0. The quantitative estimate of drug-likeness (QED) is 0.616. The number of H-pyrrole nitrogens is 1. The second-order valence-electron chi connectivity index (χ2n) is 3.13. The topological polar surface area (TPSA) is 68.1 Å². The molecule has 0 aliphatic carbocycles. The molecule has 0 saturated heterocycles. The molecule has 1 aromatic carbocycles. The van der Waals surface area contributed by atoms with E-state index in [1.165, 1.54) is 7.11 Å². The van der Waals surface area contributed by atoms with Crippen LogP contribution in [0.2, 0.25) is 0 Å². The number of hydrogen-bond acceptors (Lipinski definition) is 3. The van der Waals surface area contributed by atoms with Gasteiger partial charge in [0.05, 0.1) is 18.3 Å². The second kappa shape index (κ2) is 3.58. The molecule has 1 aromatic heterocycles. The van der Waals surface area contributed by atoms with Gasteiger partial charge in [-0.1, -0.05) is 15.9 Å². The molecule has 0 saturated carbocycles. The molecule has 0 bridgehead atoms. The predicted octanol–water partition coefficient (Wildman–Crippen LogP) is 2.30. The molecule has 78 valence electrons.